The van der Waals surface area contributed by atoms with Crippen LogP contribution in [0.2, 0.25) is 13.1 Å². The van der Waals surface area contributed by atoms with Crippen LogP contribution in [0.5, 0.6) is 0 Å². The van der Waals surface area contributed by atoms with Gasteiger partial charge in [-0.25, -0.2) is 4.79 Å². The van der Waals surface area contributed by atoms with Crippen molar-refractivity contribution in [3.8, 4) is 0 Å². The molecule has 2 aliphatic heterocycles. The highest BCUT2D eigenvalue weighted by atomic mass is 32.1. The summed E-state index contributed by atoms with van der Waals surface area (Å²) in [5.74, 6) is -1.38. The summed E-state index contributed by atoms with van der Waals surface area (Å²) in [4.78, 5) is 38.4. The first kappa shape index (κ1) is 19.5. The summed E-state index contributed by atoms with van der Waals surface area (Å²) in [6.07, 6.45) is 1.52. The highest BCUT2D eigenvalue weighted by Gasteiger charge is 2.38. The average molecular weight is 446 g/mol. The van der Waals surface area contributed by atoms with Crippen LogP contribution in [-0.2, 0) is 9.59 Å². The fraction of sp³-hybridized carbons (Fsp3) is 0.0870. The van der Waals surface area contributed by atoms with E-state index < -0.39 is 25.9 Å². The number of fused-ring (bicyclic) bond motifs is 2. The lowest BCUT2D eigenvalue weighted by Crippen LogP contribution is -2.58. The zero-order valence-corrected chi connectivity index (χ0v) is 18.7. The smallest absolute Gasteiger partial charge is 0.302 e. The molecular weight excluding hydrogens is 426 g/mol. The zero-order chi connectivity index (χ0) is 21.8. The van der Waals surface area contributed by atoms with Crippen molar-refractivity contribution in [3.63, 3.8) is 0 Å². The normalized spacial score (nSPS) is 16.9. The van der Waals surface area contributed by atoms with Gasteiger partial charge in [0.25, 0.3) is 11.8 Å². The maximum absolute atomic E-state index is 12.1. The quantitative estimate of drug-likeness (QED) is 0.361. The molecule has 0 bridgehead atoms. The largest absolute Gasteiger partial charge is 0.328 e. The molecule has 0 atom stereocenters. The third-order valence-electron chi connectivity index (χ3n) is 5.70. The molecule has 0 aliphatic carbocycles. The maximum Gasteiger partial charge on any atom is 0.328 e. The molecule has 6 nitrogen and oxygen atoms in total. The fourth-order valence-electron chi connectivity index (χ4n) is 4.20. The summed E-state index contributed by atoms with van der Waals surface area (Å²) in [6, 6.07) is 20.1. The minimum Gasteiger partial charge on any atom is -0.302 e. The molecule has 0 saturated carbocycles. The number of hydrogen-bond donors (Lipinski definition) is 2. The van der Waals surface area contributed by atoms with Crippen LogP contribution in [0.25, 0.3) is 6.08 Å². The van der Waals surface area contributed by atoms with Crippen LogP contribution in [0.4, 0.5) is 21.2 Å². The molecule has 0 radical (unpaired) electrons. The van der Waals surface area contributed by atoms with Crippen molar-refractivity contribution in [2.75, 3.05) is 4.90 Å². The maximum atomic E-state index is 12.1. The van der Waals surface area contributed by atoms with Crippen molar-refractivity contribution in [2.24, 2.45) is 0 Å². The van der Waals surface area contributed by atoms with Gasteiger partial charge in [-0.05, 0) is 40.7 Å². The molecule has 3 aromatic rings. The second-order valence-electron chi connectivity index (χ2n) is 7.97. The van der Waals surface area contributed by atoms with E-state index in [0.29, 0.717) is 0 Å². The van der Waals surface area contributed by atoms with E-state index in [1.165, 1.54) is 27.8 Å². The molecule has 4 amide bonds. The van der Waals surface area contributed by atoms with Crippen LogP contribution in [0.1, 0.15) is 4.88 Å². The van der Waals surface area contributed by atoms with Crippen LogP contribution in [0, 0.1) is 0 Å². The van der Waals surface area contributed by atoms with E-state index in [0.717, 1.165) is 21.3 Å². The van der Waals surface area contributed by atoms with Crippen LogP contribution in [0.15, 0.2) is 66.2 Å². The van der Waals surface area contributed by atoms with Gasteiger partial charge in [-0.15, -0.1) is 11.3 Å². The summed E-state index contributed by atoms with van der Waals surface area (Å²) >= 11 is 1.49. The number of amides is 4. The number of carbonyl (C=O) groups is 3. The number of rotatable bonds is 2. The molecule has 2 N–H and O–H groups in total. The molecule has 1 fully saturated rings. The van der Waals surface area contributed by atoms with Crippen molar-refractivity contribution in [1.29, 1.82) is 0 Å². The SMILES string of the molecule is C[Si]1(C)c2ccccc2N(c2ccc(C=C3C(=O)NC(=O)NC3=O)s2)c2ccccc21. The molecule has 154 valence electrons. The summed E-state index contributed by atoms with van der Waals surface area (Å²) < 4.78 is 0. The van der Waals surface area contributed by atoms with E-state index in [-0.39, 0.29) is 5.57 Å². The molecular formula is C23H19N3O3SSi. The fourth-order valence-corrected chi connectivity index (χ4v) is 8.16. The summed E-state index contributed by atoms with van der Waals surface area (Å²) in [5.41, 5.74) is 2.25. The Bertz CT molecular complexity index is 1220. The second-order valence-corrected chi connectivity index (χ2v) is 13.4. The lowest BCUT2D eigenvalue weighted by molar-refractivity contribution is -0.123. The van der Waals surface area contributed by atoms with Gasteiger partial charge in [-0.2, -0.15) is 0 Å². The first-order valence-corrected chi connectivity index (χ1v) is 13.7. The number of para-hydroxylation sites is 2. The molecule has 0 unspecified atom stereocenters. The Hall–Kier alpha value is -3.49. The highest BCUT2D eigenvalue weighted by molar-refractivity contribution is 7.17. The topological polar surface area (TPSA) is 78.5 Å². The van der Waals surface area contributed by atoms with Crippen molar-refractivity contribution in [3.05, 3.63) is 71.1 Å². The van der Waals surface area contributed by atoms with Crippen molar-refractivity contribution in [2.45, 2.75) is 13.1 Å². The Labute approximate surface area is 184 Å². The lowest BCUT2D eigenvalue weighted by Gasteiger charge is -2.40. The van der Waals surface area contributed by atoms with E-state index in [1.807, 2.05) is 12.1 Å². The number of anilines is 3. The molecule has 31 heavy (non-hydrogen) atoms. The molecule has 2 aliphatic rings. The molecule has 3 heterocycles. The average Bonchev–Trinajstić information content (AvgIpc) is 3.19. The molecule has 8 heteroatoms. The number of urea groups is 1. The number of benzene rings is 2. The number of nitrogens with one attached hydrogen (secondary N) is 2. The third-order valence-corrected chi connectivity index (χ3v) is 10.3. The first-order valence-electron chi connectivity index (χ1n) is 9.83. The van der Waals surface area contributed by atoms with Crippen LogP contribution >= 0.6 is 11.3 Å². The minimum absolute atomic E-state index is 0.0824. The van der Waals surface area contributed by atoms with Gasteiger partial charge in [0.05, 0.1) is 0 Å². The van der Waals surface area contributed by atoms with E-state index in [4.69, 9.17) is 0 Å². The number of barbiturate groups is 1. The summed E-state index contributed by atoms with van der Waals surface area (Å²) in [6.45, 7) is 4.74. The van der Waals surface area contributed by atoms with Crippen molar-refractivity contribution < 1.29 is 14.4 Å². The van der Waals surface area contributed by atoms with Crippen molar-refractivity contribution >= 4 is 70.1 Å². The Morgan fingerprint density at radius 3 is 1.94 bits per heavy atom. The predicted octanol–water partition coefficient (Wildman–Crippen LogP) is 3.10. The number of carbonyl (C=O) groups excluding carboxylic acids is 3. The van der Waals surface area contributed by atoms with E-state index in [2.05, 4.69) is 77.2 Å². The molecule has 1 saturated heterocycles. The summed E-state index contributed by atoms with van der Waals surface area (Å²) in [5, 5.41) is 7.94. The summed E-state index contributed by atoms with van der Waals surface area (Å²) in [7, 11) is -1.85. The molecule has 2 aromatic carbocycles. The predicted molar refractivity (Wildman–Crippen MR) is 125 cm³/mol. The van der Waals surface area contributed by atoms with Gasteiger partial charge >= 0.3 is 6.03 Å². The number of hydrogen-bond acceptors (Lipinski definition) is 5. The van der Waals surface area contributed by atoms with Crippen LogP contribution < -0.4 is 25.9 Å². The second kappa shape index (κ2) is 7.04. The monoisotopic (exact) mass is 445 g/mol. The minimum atomic E-state index is -1.85. The van der Waals surface area contributed by atoms with Gasteiger partial charge in [-0.3, -0.25) is 20.2 Å². The Kier molecular flexibility index (Phi) is 4.42. The van der Waals surface area contributed by atoms with Gasteiger partial charge in [-0.1, -0.05) is 49.5 Å². The van der Waals surface area contributed by atoms with E-state index in [9.17, 15) is 14.4 Å². The third kappa shape index (κ3) is 3.11. The van der Waals surface area contributed by atoms with E-state index >= 15 is 0 Å². The van der Waals surface area contributed by atoms with Gasteiger partial charge in [0.2, 0.25) is 0 Å². The lowest BCUT2D eigenvalue weighted by atomic mass is 10.1. The molecule has 5 rings (SSSR count). The number of thiophene rings is 1. The number of nitrogens with zero attached hydrogens (tertiary/aromatic N) is 1. The first-order chi connectivity index (χ1) is 14.9. The Morgan fingerprint density at radius 1 is 0.806 bits per heavy atom. The Balaban J connectivity index is 1.61. The zero-order valence-electron chi connectivity index (χ0n) is 16.9. The highest BCUT2D eigenvalue weighted by Crippen LogP contribution is 2.41. The Morgan fingerprint density at radius 2 is 1.35 bits per heavy atom. The van der Waals surface area contributed by atoms with Gasteiger partial charge in [0.15, 0.2) is 0 Å². The van der Waals surface area contributed by atoms with Gasteiger partial charge in [0.1, 0.15) is 18.6 Å². The van der Waals surface area contributed by atoms with Crippen LogP contribution in [-0.4, -0.2) is 25.9 Å². The van der Waals surface area contributed by atoms with E-state index in [1.54, 1.807) is 0 Å². The number of imide groups is 2. The standard InChI is InChI=1S/C23H19N3O3SSi/c1-31(2)18-9-5-3-7-16(18)26(17-8-4-6-10-19(17)31)20-12-11-14(30-20)13-15-21(27)24-23(29)25-22(15)28/h3-13H,1-2H3,(H2,24,25,27,28,29). The molecule has 1 aromatic heterocycles. The molecule has 0 spiro atoms. The van der Waals surface area contributed by atoms with Crippen molar-refractivity contribution in [1.82, 2.24) is 10.6 Å². The van der Waals surface area contributed by atoms with Gasteiger partial charge < -0.3 is 4.90 Å². The van der Waals surface area contributed by atoms with Crippen LogP contribution in [0.3, 0.4) is 0 Å². The van der Waals surface area contributed by atoms with Gasteiger partial charge in [0, 0.05) is 16.3 Å².